The van der Waals surface area contributed by atoms with E-state index in [0.717, 1.165) is 44.2 Å². The van der Waals surface area contributed by atoms with Crippen LogP contribution >= 0.6 is 0 Å². The van der Waals surface area contributed by atoms with E-state index in [9.17, 15) is 26.4 Å². The lowest BCUT2D eigenvalue weighted by Crippen LogP contribution is -2.34. The van der Waals surface area contributed by atoms with Crippen LogP contribution in [0.4, 0.5) is 13.2 Å². The number of rotatable bonds is 7. The van der Waals surface area contributed by atoms with Gasteiger partial charge in [-0.3, -0.25) is 4.79 Å². The van der Waals surface area contributed by atoms with Gasteiger partial charge in [0.2, 0.25) is 10.0 Å². The van der Waals surface area contributed by atoms with Crippen LogP contribution in [0.3, 0.4) is 0 Å². The summed E-state index contributed by atoms with van der Waals surface area (Å²) >= 11 is 0. The Labute approximate surface area is 174 Å². The molecule has 2 aromatic carbocycles. The molecule has 8 heteroatoms. The van der Waals surface area contributed by atoms with Gasteiger partial charge in [0.05, 0.1) is 17.9 Å². The molecule has 0 bridgehead atoms. The van der Waals surface area contributed by atoms with Crippen molar-refractivity contribution in [2.75, 3.05) is 12.3 Å². The third-order valence-electron chi connectivity index (χ3n) is 5.38. The van der Waals surface area contributed by atoms with E-state index < -0.39 is 39.8 Å². The molecule has 1 saturated carbocycles. The fraction of sp³-hybridized carbons (Fsp3) is 0.409. The van der Waals surface area contributed by atoms with Crippen molar-refractivity contribution in [3.05, 3.63) is 58.9 Å². The molecule has 3 rings (SSSR count). The number of benzene rings is 2. The van der Waals surface area contributed by atoms with Crippen LogP contribution in [0.2, 0.25) is 0 Å². The van der Waals surface area contributed by atoms with Gasteiger partial charge in [-0.25, -0.2) is 26.3 Å². The van der Waals surface area contributed by atoms with Crippen molar-refractivity contribution in [3.8, 4) is 11.1 Å². The van der Waals surface area contributed by atoms with Gasteiger partial charge in [-0.2, -0.15) is 0 Å². The molecule has 1 aliphatic carbocycles. The van der Waals surface area contributed by atoms with Crippen LogP contribution in [0.1, 0.15) is 48.0 Å². The third-order valence-corrected chi connectivity index (χ3v) is 6.88. The summed E-state index contributed by atoms with van der Waals surface area (Å²) in [5.41, 5.74) is 0.212. The van der Waals surface area contributed by atoms with Crippen LogP contribution in [0.25, 0.3) is 11.1 Å². The van der Waals surface area contributed by atoms with Crippen molar-refractivity contribution < 1.29 is 26.4 Å². The average Bonchev–Trinajstić information content (AvgIpc) is 2.68. The lowest BCUT2D eigenvalue weighted by molar-refractivity contribution is 0.0993. The molecule has 0 atom stereocenters. The highest BCUT2D eigenvalue weighted by atomic mass is 32.2. The highest BCUT2D eigenvalue weighted by Crippen LogP contribution is 2.27. The van der Waals surface area contributed by atoms with E-state index in [4.69, 9.17) is 0 Å². The minimum atomic E-state index is -3.67. The van der Waals surface area contributed by atoms with Crippen molar-refractivity contribution in [3.63, 3.8) is 0 Å². The molecule has 1 aliphatic rings. The number of Topliss-reactive ketones (excluding diaryl/α,β-unsaturated/α-hetero) is 1. The SMILES string of the molecule is Cc1cc(-c2cc(F)cc(F)c2)cc(C(=O)CNS(=O)(=O)CC2CCCCC2)c1F. The molecule has 0 unspecified atom stereocenters. The predicted molar refractivity (Wildman–Crippen MR) is 109 cm³/mol. The van der Waals surface area contributed by atoms with Gasteiger partial charge >= 0.3 is 0 Å². The summed E-state index contributed by atoms with van der Waals surface area (Å²) in [6, 6.07) is 5.45. The summed E-state index contributed by atoms with van der Waals surface area (Å²) in [7, 11) is -3.67. The Morgan fingerprint density at radius 2 is 1.57 bits per heavy atom. The molecule has 4 nitrogen and oxygen atoms in total. The number of carbonyl (C=O) groups is 1. The quantitative estimate of drug-likeness (QED) is 0.633. The molecular weight excluding hydrogens is 415 g/mol. The Kier molecular flexibility index (Phi) is 6.98. The minimum Gasteiger partial charge on any atom is -0.293 e. The Balaban J connectivity index is 1.77. The van der Waals surface area contributed by atoms with E-state index in [-0.39, 0.29) is 33.9 Å². The fourth-order valence-electron chi connectivity index (χ4n) is 3.85. The zero-order valence-electron chi connectivity index (χ0n) is 16.7. The topological polar surface area (TPSA) is 63.2 Å². The van der Waals surface area contributed by atoms with Gasteiger partial charge < -0.3 is 0 Å². The summed E-state index contributed by atoms with van der Waals surface area (Å²) in [6.45, 7) is 0.852. The molecule has 0 spiro atoms. The van der Waals surface area contributed by atoms with Crippen LogP contribution in [0, 0.1) is 30.3 Å². The second-order valence-electron chi connectivity index (χ2n) is 7.84. The van der Waals surface area contributed by atoms with Gasteiger partial charge in [0.25, 0.3) is 0 Å². The number of sulfonamides is 1. The third kappa shape index (κ3) is 5.70. The summed E-state index contributed by atoms with van der Waals surface area (Å²) in [4.78, 5) is 12.6. The molecule has 0 aliphatic heterocycles. The zero-order valence-corrected chi connectivity index (χ0v) is 17.5. The van der Waals surface area contributed by atoms with Crippen LogP contribution in [0.5, 0.6) is 0 Å². The number of ketones is 1. The van der Waals surface area contributed by atoms with E-state index in [2.05, 4.69) is 4.72 Å². The summed E-state index contributed by atoms with van der Waals surface area (Å²) < 4.78 is 68.5. The van der Waals surface area contributed by atoms with Crippen LogP contribution in [0.15, 0.2) is 30.3 Å². The number of aryl methyl sites for hydroxylation is 1. The molecular formula is C22H24F3NO3S. The molecule has 0 radical (unpaired) electrons. The first-order valence-corrected chi connectivity index (χ1v) is 11.6. The fourth-order valence-corrected chi connectivity index (χ4v) is 5.28. The van der Waals surface area contributed by atoms with Gasteiger partial charge in [-0.05, 0) is 66.6 Å². The van der Waals surface area contributed by atoms with E-state index >= 15 is 0 Å². The first-order chi connectivity index (χ1) is 14.1. The largest absolute Gasteiger partial charge is 0.293 e. The average molecular weight is 439 g/mol. The number of hydrogen-bond acceptors (Lipinski definition) is 3. The highest BCUT2D eigenvalue weighted by molar-refractivity contribution is 7.89. The lowest BCUT2D eigenvalue weighted by Gasteiger charge is -2.21. The predicted octanol–water partition coefficient (Wildman–Crippen LogP) is 4.76. The van der Waals surface area contributed by atoms with Crippen LogP contribution in [-0.2, 0) is 10.0 Å². The number of nitrogens with one attached hydrogen (secondary N) is 1. The summed E-state index contributed by atoms with van der Waals surface area (Å²) in [6.07, 6.45) is 4.78. The Bertz CT molecular complexity index is 1030. The molecule has 0 saturated heterocycles. The molecule has 0 amide bonds. The molecule has 0 heterocycles. The standard InChI is InChI=1S/C22H24F3NO3S/c1-14-7-16(17-8-18(23)11-19(24)9-17)10-20(22(14)25)21(27)12-26-30(28,29)13-15-5-3-2-4-6-15/h7-11,15,26H,2-6,12-13H2,1H3. The Hall–Kier alpha value is -2.19. The van der Waals surface area contributed by atoms with Crippen LogP contribution < -0.4 is 4.72 Å². The molecule has 1 N–H and O–H groups in total. The van der Waals surface area contributed by atoms with Gasteiger partial charge in [0.1, 0.15) is 17.5 Å². The monoisotopic (exact) mass is 439 g/mol. The molecule has 2 aromatic rings. The molecule has 30 heavy (non-hydrogen) atoms. The molecule has 162 valence electrons. The van der Waals surface area contributed by atoms with Crippen molar-refractivity contribution in [1.82, 2.24) is 4.72 Å². The van der Waals surface area contributed by atoms with E-state index in [1.807, 2.05) is 0 Å². The van der Waals surface area contributed by atoms with E-state index in [1.54, 1.807) is 0 Å². The van der Waals surface area contributed by atoms with Gasteiger partial charge in [-0.1, -0.05) is 19.3 Å². The maximum absolute atomic E-state index is 14.6. The zero-order chi connectivity index (χ0) is 21.9. The Morgan fingerprint density at radius 1 is 0.967 bits per heavy atom. The molecule has 0 aromatic heterocycles. The van der Waals surface area contributed by atoms with Crippen molar-refractivity contribution in [1.29, 1.82) is 0 Å². The minimum absolute atomic E-state index is 0.0512. The number of halogens is 3. The maximum Gasteiger partial charge on any atom is 0.212 e. The number of hydrogen-bond donors (Lipinski definition) is 1. The van der Waals surface area contributed by atoms with Gasteiger partial charge in [0.15, 0.2) is 5.78 Å². The van der Waals surface area contributed by atoms with E-state index in [0.29, 0.717) is 6.07 Å². The summed E-state index contributed by atoms with van der Waals surface area (Å²) in [5, 5.41) is 0. The summed E-state index contributed by atoms with van der Waals surface area (Å²) in [5.74, 6) is -3.11. The smallest absolute Gasteiger partial charge is 0.212 e. The number of carbonyl (C=O) groups excluding carboxylic acids is 1. The first kappa shape index (κ1) is 22.5. The first-order valence-electron chi connectivity index (χ1n) is 9.92. The van der Waals surface area contributed by atoms with Crippen LogP contribution in [-0.4, -0.2) is 26.5 Å². The van der Waals surface area contributed by atoms with E-state index in [1.165, 1.54) is 19.1 Å². The van der Waals surface area contributed by atoms with Gasteiger partial charge in [-0.15, -0.1) is 0 Å². The second-order valence-corrected chi connectivity index (χ2v) is 9.69. The van der Waals surface area contributed by atoms with Crippen molar-refractivity contribution >= 4 is 15.8 Å². The molecule has 1 fully saturated rings. The van der Waals surface area contributed by atoms with Gasteiger partial charge in [0, 0.05) is 6.07 Å². The lowest BCUT2D eigenvalue weighted by atomic mass is 9.91. The normalized spacial score (nSPS) is 15.3. The van der Waals surface area contributed by atoms with Crippen molar-refractivity contribution in [2.45, 2.75) is 39.0 Å². The highest BCUT2D eigenvalue weighted by Gasteiger charge is 2.23. The Morgan fingerprint density at radius 3 is 2.20 bits per heavy atom. The van der Waals surface area contributed by atoms with Crippen molar-refractivity contribution in [2.24, 2.45) is 5.92 Å². The maximum atomic E-state index is 14.6. The second kappa shape index (κ2) is 9.31.